The first-order valence-electron chi connectivity index (χ1n) is 8.72. The van der Waals surface area contributed by atoms with E-state index >= 15 is 0 Å². The van der Waals surface area contributed by atoms with Crippen molar-refractivity contribution >= 4 is 17.2 Å². The number of nitrogens with one attached hydrogen (secondary N) is 1. The summed E-state index contributed by atoms with van der Waals surface area (Å²) in [4.78, 5) is 17.5. The highest BCUT2D eigenvalue weighted by Crippen LogP contribution is 2.41. The summed E-state index contributed by atoms with van der Waals surface area (Å²) in [5.74, 6) is 0.920. The molecule has 4 nitrogen and oxygen atoms in total. The van der Waals surface area contributed by atoms with Crippen molar-refractivity contribution in [1.29, 1.82) is 0 Å². The van der Waals surface area contributed by atoms with Crippen molar-refractivity contribution in [1.82, 2.24) is 10.3 Å². The number of benzene rings is 1. The van der Waals surface area contributed by atoms with Gasteiger partial charge in [0.05, 0.1) is 17.3 Å². The Bertz CT molecular complexity index is 696. The zero-order valence-corrected chi connectivity index (χ0v) is 14.4. The summed E-state index contributed by atoms with van der Waals surface area (Å²) >= 11 is 1.54. The molecule has 1 aliphatic carbocycles. The van der Waals surface area contributed by atoms with E-state index in [0.29, 0.717) is 18.4 Å². The second kappa shape index (κ2) is 7.03. The normalized spacial score (nSPS) is 23.8. The maximum Gasteiger partial charge on any atom is 0.263 e. The molecule has 2 atom stereocenters. The molecule has 2 unspecified atom stereocenters. The lowest BCUT2D eigenvalue weighted by Gasteiger charge is -2.32. The molecule has 5 heteroatoms. The Morgan fingerprint density at radius 3 is 2.88 bits per heavy atom. The molecule has 1 saturated heterocycles. The first kappa shape index (κ1) is 15.8. The maximum atomic E-state index is 12.4. The van der Waals surface area contributed by atoms with Crippen LogP contribution in [0.5, 0.6) is 0 Å². The zero-order chi connectivity index (χ0) is 16.4. The van der Waals surface area contributed by atoms with Crippen molar-refractivity contribution in [3.63, 3.8) is 0 Å². The van der Waals surface area contributed by atoms with Crippen LogP contribution in [0.1, 0.15) is 57.9 Å². The Hall–Kier alpha value is -1.72. The van der Waals surface area contributed by atoms with E-state index in [0.717, 1.165) is 29.3 Å². The molecule has 0 bridgehead atoms. The number of amides is 1. The fraction of sp³-hybridized carbons (Fsp3) is 0.474. The molecule has 2 aliphatic rings. The van der Waals surface area contributed by atoms with Crippen LogP contribution < -0.4 is 5.32 Å². The van der Waals surface area contributed by atoms with Gasteiger partial charge in [-0.15, -0.1) is 11.3 Å². The van der Waals surface area contributed by atoms with Crippen molar-refractivity contribution in [3.8, 4) is 0 Å². The number of hydrogen-bond donors (Lipinski definition) is 1. The maximum absolute atomic E-state index is 12.4. The molecule has 1 N–H and O–H groups in total. The molecule has 1 aromatic carbocycles. The molecule has 1 aromatic heterocycles. The lowest BCUT2D eigenvalue weighted by molar-refractivity contribution is -0.0272. The minimum absolute atomic E-state index is 0.00298. The topological polar surface area (TPSA) is 51.2 Å². The summed E-state index contributed by atoms with van der Waals surface area (Å²) in [6.07, 6.45) is 6.36. The fourth-order valence-electron chi connectivity index (χ4n) is 3.29. The van der Waals surface area contributed by atoms with E-state index in [4.69, 9.17) is 4.74 Å². The van der Waals surface area contributed by atoms with Crippen LogP contribution in [-0.4, -0.2) is 24.0 Å². The first-order chi connectivity index (χ1) is 11.8. The molecule has 0 radical (unpaired) electrons. The van der Waals surface area contributed by atoms with E-state index in [2.05, 4.69) is 22.4 Å². The zero-order valence-electron chi connectivity index (χ0n) is 13.6. The number of carbonyl (C=O) groups is 1. The summed E-state index contributed by atoms with van der Waals surface area (Å²) in [6.45, 7) is 1.44. The number of hydrogen-bond acceptors (Lipinski definition) is 4. The van der Waals surface area contributed by atoms with Gasteiger partial charge in [-0.25, -0.2) is 4.98 Å². The lowest BCUT2D eigenvalue weighted by atomic mass is 9.89. The number of thiazole rings is 1. The fourth-order valence-corrected chi connectivity index (χ4v) is 4.29. The number of ether oxygens (including phenoxy) is 1. The smallest absolute Gasteiger partial charge is 0.263 e. The van der Waals surface area contributed by atoms with E-state index in [9.17, 15) is 4.79 Å². The first-order valence-corrected chi connectivity index (χ1v) is 9.53. The second-order valence-electron chi connectivity index (χ2n) is 6.65. The molecule has 2 aromatic rings. The monoisotopic (exact) mass is 342 g/mol. The molecule has 2 heterocycles. The summed E-state index contributed by atoms with van der Waals surface area (Å²) in [5, 5.41) is 4.21. The van der Waals surface area contributed by atoms with Crippen LogP contribution in [-0.2, 0) is 4.74 Å². The highest BCUT2D eigenvalue weighted by Gasteiger charge is 2.29. The number of aromatic nitrogens is 1. The average Bonchev–Trinajstić information content (AvgIpc) is 3.37. The molecule has 4 rings (SSSR count). The molecule has 2 fully saturated rings. The highest BCUT2D eigenvalue weighted by molar-refractivity contribution is 7.13. The van der Waals surface area contributed by atoms with Crippen molar-refractivity contribution in [3.05, 3.63) is 52.0 Å². The SMILES string of the molecule is O=C(NCC1CCCOC1c1ccccc1)c1cnc(C2CC2)s1. The van der Waals surface area contributed by atoms with Crippen LogP contribution in [0.25, 0.3) is 0 Å². The van der Waals surface area contributed by atoms with Gasteiger partial charge in [0.25, 0.3) is 5.91 Å². The Balaban J connectivity index is 1.38. The Labute approximate surface area is 146 Å². The van der Waals surface area contributed by atoms with E-state index in [1.165, 1.54) is 18.4 Å². The van der Waals surface area contributed by atoms with Gasteiger partial charge in [0, 0.05) is 25.0 Å². The van der Waals surface area contributed by atoms with Gasteiger partial charge in [0.2, 0.25) is 0 Å². The summed E-state index contributed by atoms with van der Waals surface area (Å²) in [6, 6.07) is 10.3. The molecule has 1 amide bonds. The quantitative estimate of drug-likeness (QED) is 0.896. The Morgan fingerprint density at radius 1 is 1.25 bits per heavy atom. The molecule has 0 spiro atoms. The van der Waals surface area contributed by atoms with E-state index in [1.54, 1.807) is 17.5 Å². The number of rotatable bonds is 5. The predicted octanol–water partition coefficient (Wildman–Crippen LogP) is 3.92. The molecular formula is C19H22N2O2S. The van der Waals surface area contributed by atoms with Gasteiger partial charge in [-0.2, -0.15) is 0 Å². The van der Waals surface area contributed by atoms with Crippen LogP contribution in [0, 0.1) is 5.92 Å². The third-order valence-electron chi connectivity index (χ3n) is 4.77. The molecule has 126 valence electrons. The predicted molar refractivity (Wildman–Crippen MR) is 94.3 cm³/mol. The van der Waals surface area contributed by atoms with Gasteiger partial charge in [0.1, 0.15) is 4.88 Å². The number of nitrogens with zero attached hydrogens (tertiary/aromatic N) is 1. The molecular weight excluding hydrogens is 320 g/mol. The van der Waals surface area contributed by atoms with Crippen molar-refractivity contribution in [2.24, 2.45) is 5.92 Å². The average molecular weight is 342 g/mol. The van der Waals surface area contributed by atoms with Gasteiger partial charge in [-0.3, -0.25) is 4.79 Å². The minimum Gasteiger partial charge on any atom is -0.373 e. The highest BCUT2D eigenvalue weighted by atomic mass is 32.1. The van der Waals surface area contributed by atoms with Crippen LogP contribution in [0.2, 0.25) is 0 Å². The largest absolute Gasteiger partial charge is 0.373 e. The van der Waals surface area contributed by atoms with E-state index in [1.807, 2.05) is 18.2 Å². The lowest BCUT2D eigenvalue weighted by Crippen LogP contribution is -2.34. The van der Waals surface area contributed by atoms with Gasteiger partial charge in [0.15, 0.2) is 0 Å². The number of carbonyl (C=O) groups excluding carboxylic acids is 1. The van der Waals surface area contributed by atoms with E-state index < -0.39 is 0 Å². The summed E-state index contributed by atoms with van der Waals surface area (Å²) < 4.78 is 6.00. The third kappa shape index (κ3) is 3.52. The van der Waals surface area contributed by atoms with Crippen molar-refractivity contribution in [2.75, 3.05) is 13.2 Å². The van der Waals surface area contributed by atoms with Crippen LogP contribution in [0.15, 0.2) is 36.5 Å². The van der Waals surface area contributed by atoms with Crippen molar-refractivity contribution in [2.45, 2.75) is 37.7 Å². The summed E-state index contributed by atoms with van der Waals surface area (Å²) in [7, 11) is 0. The molecule has 1 aliphatic heterocycles. The molecule has 1 saturated carbocycles. The third-order valence-corrected chi connectivity index (χ3v) is 5.93. The van der Waals surface area contributed by atoms with Crippen LogP contribution >= 0.6 is 11.3 Å². The Morgan fingerprint density at radius 2 is 2.08 bits per heavy atom. The van der Waals surface area contributed by atoms with Gasteiger partial charge in [-0.05, 0) is 31.2 Å². The summed E-state index contributed by atoms with van der Waals surface area (Å²) in [5.41, 5.74) is 1.20. The van der Waals surface area contributed by atoms with Gasteiger partial charge < -0.3 is 10.1 Å². The van der Waals surface area contributed by atoms with Gasteiger partial charge >= 0.3 is 0 Å². The van der Waals surface area contributed by atoms with E-state index in [-0.39, 0.29) is 12.0 Å². The second-order valence-corrected chi connectivity index (χ2v) is 7.71. The van der Waals surface area contributed by atoms with Crippen LogP contribution in [0.4, 0.5) is 0 Å². The molecule has 24 heavy (non-hydrogen) atoms. The Kier molecular flexibility index (Phi) is 4.63. The standard InChI is InChI=1S/C19H22N2O2S/c22-18(16-12-21-19(24-16)14-8-9-14)20-11-15-7-4-10-23-17(15)13-5-2-1-3-6-13/h1-3,5-6,12,14-15,17H,4,7-11H2,(H,20,22). The van der Waals surface area contributed by atoms with Gasteiger partial charge in [-0.1, -0.05) is 30.3 Å². The van der Waals surface area contributed by atoms with Crippen molar-refractivity contribution < 1.29 is 9.53 Å². The minimum atomic E-state index is -0.00298. The van der Waals surface area contributed by atoms with Crippen LogP contribution in [0.3, 0.4) is 0 Å².